The molecule has 0 aromatic heterocycles. The molecule has 0 unspecified atom stereocenters. The van der Waals surface area contributed by atoms with E-state index in [1.807, 2.05) is 6.92 Å². The molecular weight excluding hydrogens is 238 g/mol. The van der Waals surface area contributed by atoms with Crippen molar-refractivity contribution in [3.8, 4) is 6.07 Å². The van der Waals surface area contributed by atoms with E-state index >= 15 is 0 Å². The lowest BCUT2D eigenvalue weighted by Crippen LogP contribution is -2.51. The molecule has 19 heavy (non-hydrogen) atoms. The minimum absolute atomic E-state index is 0.00255. The van der Waals surface area contributed by atoms with Gasteiger partial charge in [-0.05, 0) is 43.9 Å². The number of carbonyl (C=O) groups excluding carboxylic acids is 1. The first-order valence-corrected chi connectivity index (χ1v) is 7.37. The third-order valence-corrected chi connectivity index (χ3v) is 4.34. The summed E-state index contributed by atoms with van der Waals surface area (Å²) in [6.07, 6.45) is 3.36. The van der Waals surface area contributed by atoms with E-state index in [1.165, 1.54) is 6.42 Å². The van der Waals surface area contributed by atoms with Crippen LogP contribution in [0, 0.1) is 29.1 Å². The molecular formula is C15H25N3O. The molecule has 1 aliphatic heterocycles. The van der Waals surface area contributed by atoms with Crippen LogP contribution < -0.4 is 5.32 Å². The van der Waals surface area contributed by atoms with E-state index < -0.39 is 5.54 Å². The van der Waals surface area contributed by atoms with Crippen LogP contribution in [0.25, 0.3) is 0 Å². The molecule has 4 nitrogen and oxygen atoms in total. The number of nitrogens with zero attached hydrogens (tertiary/aromatic N) is 2. The van der Waals surface area contributed by atoms with Crippen LogP contribution in [-0.4, -0.2) is 36.0 Å². The Morgan fingerprint density at radius 1 is 1.37 bits per heavy atom. The molecule has 2 fully saturated rings. The average molecular weight is 263 g/mol. The van der Waals surface area contributed by atoms with E-state index in [2.05, 4.69) is 30.1 Å². The topological polar surface area (TPSA) is 56.1 Å². The molecule has 3 atom stereocenters. The fraction of sp³-hybridized carbons (Fsp3) is 0.867. The molecule has 1 N–H and O–H groups in total. The summed E-state index contributed by atoms with van der Waals surface area (Å²) in [5.41, 5.74) is -0.663. The van der Waals surface area contributed by atoms with Crippen molar-refractivity contribution in [2.75, 3.05) is 19.6 Å². The first kappa shape index (κ1) is 14.3. The Morgan fingerprint density at radius 3 is 2.42 bits per heavy atom. The van der Waals surface area contributed by atoms with Gasteiger partial charge in [0.15, 0.2) is 0 Å². The molecule has 0 bridgehead atoms. The Labute approximate surface area is 116 Å². The Kier molecular flexibility index (Phi) is 4.15. The molecule has 0 radical (unpaired) electrons. The maximum absolute atomic E-state index is 12.1. The number of likely N-dealkylation sites (tertiary alicyclic amines) is 1. The van der Waals surface area contributed by atoms with Gasteiger partial charge in [-0.1, -0.05) is 13.8 Å². The van der Waals surface area contributed by atoms with Crippen LogP contribution in [0.1, 0.15) is 40.0 Å². The van der Waals surface area contributed by atoms with E-state index in [4.69, 9.17) is 0 Å². The number of hydrogen-bond donors (Lipinski definition) is 1. The van der Waals surface area contributed by atoms with Gasteiger partial charge in [0.25, 0.3) is 0 Å². The van der Waals surface area contributed by atoms with Crippen molar-refractivity contribution in [3.63, 3.8) is 0 Å². The zero-order chi connectivity index (χ0) is 14.0. The van der Waals surface area contributed by atoms with Crippen LogP contribution in [0.2, 0.25) is 0 Å². The van der Waals surface area contributed by atoms with Crippen molar-refractivity contribution in [3.05, 3.63) is 0 Å². The maximum Gasteiger partial charge on any atom is 0.235 e. The van der Waals surface area contributed by atoms with E-state index in [-0.39, 0.29) is 5.91 Å². The van der Waals surface area contributed by atoms with Crippen LogP contribution in [0.3, 0.4) is 0 Å². The Morgan fingerprint density at radius 2 is 1.95 bits per heavy atom. The number of nitrogens with one attached hydrogen (secondary N) is 1. The summed E-state index contributed by atoms with van der Waals surface area (Å²) in [5.74, 6) is 1.66. The summed E-state index contributed by atoms with van der Waals surface area (Å²) < 4.78 is 0. The lowest BCUT2D eigenvalue weighted by Gasteiger charge is -2.35. The highest BCUT2D eigenvalue weighted by molar-refractivity contribution is 5.79. The van der Waals surface area contributed by atoms with Crippen LogP contribution in [0.4, 0.5) is 0 Å². The minimum Gasteiger partial charge on any atom is -0.337 e. The fourth-order valence-electron chi connectivity index (χ4n) is 3.34. The van der Waals surface area contributed by atoms with Crippen molar-refractivity contribution in [2.24, 2.45) is 17.8 Å². The van der Waals surface area contributed by atoms with Crippen LogP contribution in [0.15, 0.2) is 0 Å². The summed E-state index contributed by atoms with van der Waals surface area (Å²) in [4.78, 5) is 14.3. The number of hydrogen-bond acceptors (Lipinski definition) is 3. The van der Waals surface area contributed by atoms with Gasteiger partial charge < -0.3 is 5.32 Å². The molecule has 1 amide bonds. The second-order valence-corrected chi connectivity index (χ2v) is 6.78. The third-order valence-electron chi connectivity index (χ3n) is 4.34. The van der Waals surface area contributed by atoms with Gasteiger partial charge in [-0.15, -0.1) is 0 Å². The molecule has 0 aromatic rings. The highest BCUT2D eigenvalue weighted by Crippen LogP contribution is 2.39. The maximum atomic E-state index is 12.1. The molecule has 0 aromatic carbocycles. The number of piperidine rings is 1. The smallest absolute Gasteiger partial charge is 0.235 e. The van der Waals surface area contributed by atoms with E-state index in [0.717, 1.165) is 25.9 Å². The summed E-state index contributed by atoms with van der Waals surface area (Å²) in [6, 6.07) is 2.28. The van der Waals surface area contributed by atoms with Gasteiger partial charge in [-0.25, -0.2) is 0 Å². The standard InChI is InChI=1S/C15H25N3O/c1-11-6-12(2)8-18(7-11)9-14(19)17-15(3,10-16)13-4-5-13/h11-13H,4-9H2,1-3H3,(H,17,19)/t11-,12-,15+/m1/s1. The molecule has 1 aliphatic carbocycles. The summed E-state index contributed by atoms with van der Waals surface area (Å²) in [7, 11) is 0. The van der Waals surface area contributed by atoms with E-state index in [9.17, 15) is 10.1 Å². The second kappa shape index (κ2) is 5.50. The van der Waals surface area contributed by atoms with Crippen LogP contribution >= 0.6 is 0 Å². The van der Waals surface area contributed by atoms with Crippen molar-refractivity contribution >= 4 is 5.91 Å². The molecule has 106 valence electrons. The van der Waals surface area contributed by atoms with Crippen molar-refractivity contribution in [1.82, 2.24) is 10.2 Å². The zero-order valence-corrected chi connectivity index (χ0v) is 12.3. The van der Waals surface area contributed by atoms with Gasteiger partial charge >= 0.3 is 0 Å². The Balaban J connectivity index is 1.85. The number of nitriles is 1. The lowest BCUT2D eigenvalue weighted by atomic mass is 9.92. The number of rotatable bonds is 4. The molecule has 0 spiro atoms. The molecule has 2 rings (SSSR count). The van der Waals surface area contributed by atoms with Gasteiger partial charge in [-0.3, -0.25) is 9.69 Å². The van der Waals surface area contributed by atoms with Gasteiger partial charge in [-0.2, -0.15) is 5.26 Å². The van der Waals surface area contributed by atoms with Crippen LogP contribution in [-0.2, 0) is 4.79 Å². The Hall–Kier alpha value is -1.08. The van der Waals surface area contributed by atoms with Gasteiger partial charge in [0.1, 0.15) is 5.54 Å². The summed E-state index contributed by atoms with van der Waals surface area (Å²) in [5, 5.41) is 12.2. The third kappa shape index (κ3) is 3.70. The molecule has 1 saturated carbocycles. The fourth-order valence-corrected chi connectivity index (χ4v) is 3.34. The largest absolute Gasteiger partial charge is 0.337 e. The first-order chi connectivity index (χ1) is 8.93. The summed E-state index contributed by atoms with van der Waals surface area (Å²) >= 11 is 0. The predicted molar refractivity (Wildman–Crippen MR) is 74.3 cm³/mol. The summed E-state index contributed by atoms with van der Waals surface area (Å²) in [6.45, 7) is 8.74. The zero-order valence-electron chi connectivity index (χ0n) is 12.3. The van der Waals surface area contributed by atoms with Crippen LogP contribution in [0.5, 0.6) is 0 Å². The number of carbonyl (C=O) groups is 1. The van der Waals surface area contributed by atoms with E-state index in [1.54, 1.807) is 0 Å². The molecule has 4 heteroatoms. The van der Waals surface area contributed by atoms with Crippen molar-refractivity contribution in [2.45, 2.75) is 45.6 Å². The van der Waals surface area contributed by atoms with Crippen molar-refractivity contribution in [1.29, 1.82) is 5.26 Å². The van der Waals surface area contributed by atoms with Gasteiger partial charge in [0.2, 0.25) is 5.91 Å². The molecule has 2 aliphatic rings. The second-order valence-electron chi connectivity index (χ2n) is 6.78. The average Bonchev–Trinajstić information content (AvgIpc) is 3.10. The highest BCUT2D eigenvalue weighted by atomic mass is 16.2. The highest BCUT2D eigenvalue weighted by Gasteiger charge is 2.43. The van der Waals surface area contributed by atoms with Gasteiger partial charge in [0.05, 0.1) is 12.6 Å². The van der Waals surface area contributed by atoms with Crippen molar-refractivity contribution < 1.29 is 4.79 Å². The SMILES string of the molecule is C[C@@H]1C[C@@H](C)CN(CC(=O)N[C@@](C)(C#N)C2CC2)C1. The monoisotopic (exact) mass is 263 g/mol. The molecule has 1 heterocycles. The van der Waals surface area contributed by atoms with E-state index in [0.29, 0.717) is 24.3 Å². The number of amides is 1. The lowest BCUT2D eigenvalue weighted by molar-refractivity contribution is -0.124. The normalized spacial score (nSPS) is 31.3. The Bertz CT molecular complexity index is 375. The molecule has 1 saturated heterocycles. The predicted octanol–water partition coefficient (Wildman–Crippen LogP) is 1.77. The minimum atomic E-state index is -0.663. The quantitative estimate of drug-likeness (QED) is 0.841. The first-order valence-electron chi connectivity index (χ1n) is 7.37. The van der Waals surface area contributed by atoms with Gasteiger partial charge in [0, 0.05) is 13.1 Å².